The van der Waals surface area contributed by atoms with Gasteiger partial charge in [-0.25, -0.2) is 13.6 Å². The highest BCUT2D eigenvalue weighted by Crippen LogP contribution is 2.36. The number of hydrogen-bond donors (Lipinski definition) is 2. The lowest BCUT2D eigenvalue weighted by molar-refractivity contribution is 0.00545. The molecule has 0 spiro atoms. The van der Waals surface area contributed by atoms with E-state index in [1.807, 2.05) is 25.7 Å². The molecular formula is C22H33F2IN4O2. The number of ether oxygens (including phenoxy) is 1. The second-order valence-electron chi connectivity index (χ2n) is 9.07. The van der Waals surface area contributed by atoms with Crippen molar-refractivity contribution in [3.05, 3.63) is 35.4 Å². The lowest BCUT2D eigenvalue weighted by Crippen LogP contribution is -2.55. The first-order valence-corrected chi connectivity index (χ1v) is 10.6. The van der Waals surface area contributed by atoms with Gasteiger partial charge >= 0.3 is 6.09 Å². The first-order valence-electron chi connectivity index (χ1n) is 10.6. The Morgan fingerprint density at radius 1 is 1.23 bits per heavy atom. The molecule has 6 nitrogen and oxygen atoms in total. The molecule has 2 unspecified atom stereocenters. The van der Waals surface area contributed by atoms with Crippen LogP contribution in [-0.4, -0.2) is 54.3 Å². The van der Waals surface area contributed by atoms with Crippen molar-refractivity contribution in [2.24, 2.45) is 4.99 Å². The van der Waals surface area contributed by atoms with Gasteiger partial charge in [-0.05, 0) is 76.6 Å². The molecule has 0 aliphatic carbocycles. The van der Waals surface area contributed by atoms with Gasteiger partial charge in [0.15, 0.2) is 5.96 Å². The Hall–Kier alpha value is -1.65. The Kier molecular flexibility index (Phi) is 8.91. The number of piperidine rings is 1. The fraction of sp³-hybridized carbons (Fsp3) is 0.636. The van der Waals surface area contributed by atoms with Crippen LogP contribution < -0.4 is 10.6 Å². The van der Waals surface area contributed by atoms with Crippen molar-refractivity contribution < 1.29 is 18.3 Å². The minimum absolute atomic E-state index is 0. The van der Waals surface area contributed by atoms with E-state index in [4.69, 9.17) is 4.74 Å². The second-order valence-corrected chi connectivity index (χ2v) is 9.07. The van der Waals surface area contributed by atoms with E-state index in [0.29, 0.717) is 24.5 Å². The van der Waals surface area contributed by atoms with Crippen molar-refractivity contribution in [3.63, 3.8) is 0 Å². The summed E-state index contributed by atoms with van der Waals surface area (Å²) in [6.07, 6.45) is 3.74. The van der Waals surface area contributed by atoms with Crippen LogP contribution in [-0.2, 0) is 11.2 Å². The highest BCUT2D eigenvalue weighted by atomic mass is 127. The standard InChI is InChI=1S/C22H32F2N4O2.HI/c1-22(2,3)30-21(29)28-17-6-7-18(28)13-16(12-17)27-20(25-4)26-10-9-14-11-15(23)5-8-19(14)24;/h5,8,11,16-18H,6-7,9-10,12-13H2,1-4H3,(H2,25,26,27);1H. The van der Waals surface area contributed by atoms with E-state index in [-0.39, 0.29) is 48.2 Å². The molecule has 2 aliphatic heterocycles. The van der Waals surface area contributed by atoms with Crippen LogP contribution in [0.25, 0.3) is 0 Å². The summed E-state index contributed by atoms with van der Waals surface area (Å²) < 4.78 is 32.7. The maximum Gasteiger partial charge on any atom is 0.410 e. The zero-order valence-corrected chi connectivity index (χ0v) is 20.9. The minimum atomic E-state index is -0.501. The number of hydrogen-bond acceptors (Lipinski definition) is 3. The molecule has 0 aromatic heterocycles. The van der Waals surface area contributed by atoms with E-state index in [1.165, 1.54) is 6.07 Å². The number of nitrogens with zero attached hydrogens (tertiary/aromatic N) is 2. The van der Waals surface area contributed by atoms with Gasteiger partial charge in [-0.2, -0.15) is 0 Å². The van der Waals surface area contributed by atoms with E-state index in [1.54, 1.807) is 7.05 Å². The Morgan fingerprint density at radius 3 is 2.45 bits per heavy atom. The van der Waals surface area contributed by atoms with Crippen LogP contribution in [0.15, 0.2) is 23.2 Å². The molecule has 9 heteroatoms. The molecule has 2 aliphatic rings. The molecule has 1 aromatic rings. The fourth-order valence-electron chi connectivity index (χ4n) is 4.35. The number of carbonyl (C=O) groups is 1. The zero-order chi connectivity index (χ0) is 21.9. The summed E-state index contributed by atoms with van der Waals surface area (Å²) >= 11 is 0. The molecule has 2 atom stereocenters. The van der Waals surface area contributed by atoms with Crippen molar-refractivity contribution in [2.75, 3.05) is 13.6 Å². The van der Waals surface area contributed by atoms with Crippen LogP contribution in [0.2, 0.25) is 0 Å². The summed E-state index contributed by atoms with van der Waals surface area (Å²) in [7, 11) is 1.68. The maximum atomic E-state index is 13.8. The molecule has 3 rings (SSSR count). The maximum absolute atomic E-state index is 13.8. The number of nitrogens with one attached hydrogen (secondary N) is 2. The number of rotatable bonds is 4. The average molecular weight is 550 g/mol. The highest BCUT2D eigenvalue weighted by molar-refractivity contribution is 14.0. The van der Waals surface area contributed by atoms with E-state index < -0.39 is 17.2 Å². The third-order valence-corrected chi connectivity index (χ3v) is 5.60. The predicted octanol–water partition coefficient (Wildman–Crippen LogP) is 4.22. The van der Waals surface area contributed by atoms with Crippen molar-refractivity contribution in [1.82, 2.24) is 15.5 Å². The van der Waals surface area contributed by atoms with Gasteiger partial charge < -0.3 is 20.3 Å². The minimum Gasteiger partial charge on any atom is -0.444 e. The largest absolute Gasteiger partial charge is 0.444 e. The van der Waals surface area contributed by atoms with Crippen LogP contribution in [0.4, 0.5) is 13.6 Å². The third-order valence-electron chi connectivity index (χ3n) is 5.60. The summed E-state index contributed by atoms with van der Waals surface area (Å²) in [4.78, 5) is 18.7. The Balaban J connectivity index is 0.00000341. The second kappa shape index (κ2) is 10.8. The number of aliphatic imine (C=N–C) groups is 1. The van der Waals surface area contributed by atoms with Gasteiger partial charge in [-0.15, -0.1) is 24.0 Å². The van der Waals surface area contributed by atoms with Gasteiger partial charge in [-0.3, -0.25) is 4.99 Å². The molecule has 0 radical (unpaired) electrons. The molecule has 2 heterocycles. The van der Waals surface area contributed by atoms with Gasteiger partial charge in [0.05, 0.1) is 0 Å². The van der Waals surface area contributed by atoms with Crippen molar-refractivity contribution in [3.8, 4) is 0 Å². The molecule has 174 valence electrons. The smallest absolute Gasteiger partial charge is 0.410 e. The summed E-state index contributed by atoms with van der Waals surface area (Å²) in [6.45, 7) is 6.08. The SMILES string of the molecule is CN=C(NCCc1cc(F)ccc1F)NC1CC2CCC(C1)N2C(=O)OC(C)(C)C.I. The Bertz CT molecular complexity index is 786. The van der Waals surface area contributed by atoms with E-state index in [2.05, 4.69) is 15.6 Å². The molecular weight excluding hydrogens is 517 g/mol. The van der Waals surface area contributed by atoms with Crippen LogP contribution in [0.5, 0.6) is 0 Å². The summed E-state index contributed by atoms with van der Waals surface area (Å²) in [6, 6.07) is 4.00. The summed E-state index contributed by atoms with van der Waals surface area (Å²) in [5, 5.41) is 6.59. The first kappa shape index (κ1) is 25.6. The number of halogens is 3. The molecule has 2 saturated heterocycles. The number of benzene rings is 1. The van der Waals surface area contributed by atoms with Gasteiger partial charge in [0.25, 0.3) is 0 Å². The molecule has 1 amide bonds. The average Bonchev–Trinajstić information content (AvgIpc) is 2.93. The fourth-order valence-corrected chi connectivity index (χ4v) is 4.35. The number of guanidine groups is 1. The first-order chi connectivity index (χ1) is 14.2. The van der Waals surface area contributed by atoms with Crippen LogP contribution in [0, 0.1) is 11.6 Å². The quantitative estimate of drug-likeness (QED) is 0.335. The number of carbonyl (C=O) groups excluding carboxylic acids is 1. The molecule has 0 saturated carbocycles. The normalized spacial score (nSPS) is 23.2. The molecule has 2 fully saturated rings. The Labute approximate surface area is 200 Å². The van der Waals surface area contributed by atoms with Crippen molar-refractivity contribution >= 4 is 36.0 Å². The highest BCUT2D eigenvalue weighted by Gasteiger charge is 2.45. The van der Waals surface area contributed by atoms with Crippen molar-refractivity contribution in [1.29, 1.82) is 0 Å². The van der Waals surface area contributed by atoms with Crippen LogP contribution >= 0.6 is 24.0 Å². The molecule has 2 bridgehead atoms. The van der Waals surface area contributed by atoms with E-state index >= 15 is 0 Å². The van der Waals surface area contributed by atoms with Gasteiger partial charge in [-0.1, -0.05) is 0 Å². The van der Waals surface area contributed by atoms with Crippen LogP contribution in [0.1, 0.15) is 52.0 Å². The van der Waals surface area contributed by atoms with Gasteiger partial charge in [0.1, 0.15) is 17.2 Å². The topological polar surface area (TPSA) is 66.0 Å². The van der Waals surface area contributed by atoms with Gasteiger partial charge in [0, 0.05) is 31.7 Å². The van der Waals surface area contributed by atoms with Crippen LogP contribution in [0.3, 0.4) is 0 Å². The third kappa shape index (κ3) is 6.92. The Morgan fingerprint density at radius 2 is 1.87 bits per heavy atom. The zero-order valence-electron chi connectivity index (χ0n) is 18.6. The predicted molar refractivity (Wildman–Crippen MR) is 128 cm³/mol. The number of amides is 1. The number of fused-ring (bicyclic) bond motifs is 2. The van der Waals surface area contributed by atoms with E-state index in [9.17, 15) is 13.6 Å². The molecule has 31 heavy (non-hydrogen) atoms. The summed E-state index contributed by atoms with van der Waals surface area (Å²) in [5.74, 6) is -0.227. The summed E-state index contributed by atoms with van der Waals surface area (Å²) in [5.41, 5.74) is -0.166. The van der Waals surface area contributed by atoms with Crippen molar-refractivity contribution in [2.45, 2.75) is 76.6 Å². The monoisotopic (exact) mass is 550 g/mol. The lowest BCUT2D eigenvalue weighted by Gasteiger charge is -2.40. The van der Waals surface area contributed by atoms with E-state index in [0.717, 1.165) is 37.8 Å². The lowest BCUT2D eigenvalue weighted by atomic mass is 9.98. The molecule has 2 N–H and O–H groups in total. The van der Waals surface area contributed by atoms with Gasteiger partial charge in [0.2, 0.25) is 0 Å². The molecule has 1 aromatic carbocycles.